The number of amides is 1. The van der Waals surface area contributed by atoms with Crippen LogP contribution in [0.4, 0.5) is 0 Å². The van der Waals surface area contributed by atoms with Gasteiger partial charge in [0.1, 0.15) is 13.2 Å². The van der Waals surface area contributed by atoms with E-state index in [9.17, 15) is 19.4 Å². The first-order valence-electron chi connectivity index (χ1n) is 33.4. The van der Waals surface area contributed by atoms with Crippen LogP contribution < -0.4 is 5.32 Å². The Bertz CT molecular complexity index is 1730. The van der Waals surface area contributed by atoms with Crippen LogP contribution >= 0.6 is 7.82 Å². The van der Waals surface area contributed by atoms with E-state index in [1.165, 1.54) is 154 Å². The SMILES string of the molecule is CC/C=C\C/C=C\C/C=C\C/C=C\C/C=C\C/C=C\C/C=C\C/C=C\CCCCCCCCCCC(=O)NC(COP(=O)(O)OCC[N+](C)(C)C)C(O)/C=C/CC/C=C/CCCCCCCCCCCCCCCCCCCCCC. The van der Waals surface area contributed by atoms with E-state index in [0.717, 1.165) is 103 Å². The summed E-state index contributed by atoms with van der Waals surface area (Å²) in [7, 11) is 1.54. The molecule has 0 aromatic carbocycles. The molecule has 9 heteroatoms. The first-order valence-corrected chi connectivity index (χ1v) is 34.9. The van der Waals surface area contributed by atoms with E-state index >= 15 is 0 Å². The van der Waals surface area contributed by atoms with Crippen molar-refractivity contribution in [1.29, 1.82) is 0 Å². The smallest absolute Gasteiger partial charge is 0.387 e. The number of aliphatic hydroxyl groups excluding tert-OH is 1. The van der Waals surface area contributed by atoms with Crippen molar-refractivity contribution in [3.63, 3.8) is 0 Å². The van der Waals surface area contributed by atoms with Crippen molar-refractivity contribution in [2.45, 2.75) is 289 Å². The monoisotopic (exact) mass is 1150 g/mol. The quantitative estimate of drug-likeness (QED) is 0.0243. The van der Waals surface area contributed by atoms with Crippen molar-refractivity contribution >= 4 is 13.7 Å². The second kappa shape index (κ2) is 61.5. The molecule has 0 rings (SSSR count). The molecular formula is C72H128N2O6P+. The molecule has 0 bridgehead atoms. The molecule has 1 amide bonds. The van der Waals surface area contributed by atoms with Crippen LogP contribution in [0.5, 0.6) is 0 Å². The number of carbonyl (C=O) groups is 1. The number of allylic oxidation sites excluding steroid dienone is 19. The highest BCUT2D eigenvalue weighted by Gasteiger charge is 2.27. The van der Waals surface area contributed by atoms with Gasteiger partial charge in [-0.15, -0.1) is 0 Å². The Morgan fingerprint density at radius 2 is 0.753 bits per heavy atom. The fraction of sp³-hybridized carbons (Fsp3) is 0.708. The zero-order chi connectivity index (χ0) is 59.1. The van der Waals surface area contributed by atoms with Crippen molar-refractivity contribution in [1.82, 2.24) is 5.32 Å². The minimum atomic E-state index is -4.37. The second-order valence-corrected chi connectivity index (χ2v) is 24.9. The molecule has 466 valence electrons. The normalized spacial score (nSPS) is 14.5. The maximum Gasteiger partial charge on any atom is 0.472 e. The van der Waals surface area contributed by atoms with E-state index in [0.29, 0.717) is 17.4 Å². The number of unbranched alkanes of at least 4 members (excludes halogenated alkanes) is 29. The molecular weight excluding hydrogens is 1020 g/mol. The third-order valence-corrected chi connectivity index (χ3v) is 15.4. The number of quaternary nitrogens is 1. The molecule has 0 aliphatic rings. The second-order valence-electron chi connectivity index (χ2n) is 23.5. The Kier molecular flexibility index (Phi) is 59.1. The molecule has 0 saturated heterocycles. The van der Waals surface area contributed by atoms with E-state index in [4.69, 9.17) is 9.05 Å². The predicted octanol–water partition coefficient (Wildman–Crippen LogP) is 21.3. The van der Waals surface area contributed by atoms with Gasteiger partial charge in [0, 0.05) is 6.42 Å². The zero-order valence-corrected chi connectivity index (χ0v) is 54.1. The minimum Gasteiger partial charge on any atom is -0.387 e. The Labute approximate surface area is 501 Å². The van der Waals surface area contributed by atoms with Crippen LogP contribution in [-0.4, -0.2) is 73.4 Å². The molecule has 3 atom stereocenters. The zero-order valence-electron chi connectivity index (χ0n) is 53.2. The summed E-state index contributed by atoms with van der Waals surface area (Å²) < 4.78 is 23.8. The fourth-order valence-corrected chi connectivity index (χ4v) is 9.99. The van der Waals surface area contributed by atoms with Gasteiger partial charge in [-0.2, -0.15) is 0 Å². The summed E-state index contributed by atoms with van der Waals surface area (Å²) >= 11 is 0. The van der Waals surface area contributed by atoms with Crippen molar-refractivity contribution in [2.24, 2.45) is 0 Å². The fourth-order valence-electron chi connectivity index (χ4n) is 9.25. The summed E-state index contributed by atoms with van der Waals surface area (Å²) in [6.45, 7) is 4.69. The van der Waals surface area contributed by atoms with Gasteiger partial charge in [-0.1, -0.05) is 296 Å². The topological polar surface area (TPSA) is 105 Å². The van der Waals surface area contributed by atoms with Crippen LogP contribution in [0, 0.1) is 0 Å². The van der Waals surface area contributed by atoms with Gasteiger partial charge in [0.15, 0.2) is 0 Å². The minimum absolute atomic E-state index is 0.0486. The number of phosphoric acid groups is 1. The largest absolute Gasteiger partial charge is 0.472 e. The van der Waals surface area contributed by atoms with Crippen molar-refractivity contribution < 1.29 is 32.9 Å². The van der Waals surface area contributed by atoms with Crippen LogP contribution in [0.3, 0.4) is 0 Å². The molecule has 0 saturated carbocycles. The number of hydrogen-bond acceptors (Lipinski definition) is 5. The van der Waals surface area contributed by atoms with E-state index in [2.05, 4.69) is 129 Å². The molecule has 0 heterocycles. The van der Waals surface area contributed by atoms with Gasteiger partial charge in [0.25, 0.3) is 0 Å². The molecule has 0 spiro atoms. The summed E-state index contributed by atoms with van der Waals surface area (Å²) in [4.78, 5) is 23.4. The van der Waals surface area contributed by atoms with Gasteiger partial charge in [-0.05, 0) is 96.3 Å². The Hall–Kier alpha value is -3.10. The lowest BCUT2D eigenvalue weighted by atomic mass is 10.0. The number of hydrogen-bond donors (Lipinski definition) is 3. The Balaban J connectivity index is 4.22. The summed E-state index contributed by atoms with van der Waals surface area (Å²) in [5, 5.41) is 14.0. The highest BCUT2D eigenvalue weighted by molar-refractivity contribution is 7.47. The van der Waals surface area contributed by atoms with E-state index in [-0.39, 0.29) is 19.1 Å². The van der Waals surface area contributed by atoms with E-state index in [1.54, 1.807) is 6.08 Å². The van der Waals surface area contributed by atoms with Gasteiger partial charge in [0.05, 0.1) is 39.9 Å². The maximum atomic E-state index is 13.0. The number of nitrogens with zero attached hydrogens (tertiary/aromatic N) is 1. The number of likely N-dealkylation sites (N-methyl/N-ethyl adjacent to an activating group) is 1. The molecule has 0 aliphatic heterocycles. The van der Waals surface area contributed by atoms with Gasteiger partial charge in [0.2, 0.25) is 5.91 Å². The van der Waals surface area contributed by atoms with Crippen LogP contribution in [-0.2, 0) is 18.4 Å². The van der Waals surface area contributed by atoms with Crippen LogP contribution in [0.1, 0.15) is 277 Å². The van der Waals surface area contributed by atoms with E-state index < -0.39 is 20.0 Å². The van der Waals surface area contributed by atoms with Crippen LogP contribution in [0.15, 0.2) is 122 Å². The lowest BCUT2D eigenvalue weighted by Crippen LogP contribution is -2.45. The average molecular weight is 1150 g/mol. The molecule has 0 aromatic heterocycles. The summed E-state index contributed by atoms with van der Waals surface area (Å²) in [6, 6.07) is -0.878. The highest BCUT2D eigenvalue weighted by atomic mass is 31.2. The van der Waals surface area contributed by atoms with Crippen molar-refractivity contribution in [3.05, 3.63) is 122 Å². The first-order chi connectivity index (χ1) is 39.5. The summed E-state index contributed by atoms with van der Waals surface area (Å²) in [6.07, 6.45) is 91.9. The molecule has 0 fully saturated rings. The molecule has 0 aliphatic carbocycles. The predicted molar refractivity (Wildman–Crippen MR) is 355 cm³/mol. The van der Waals surface area contributed by atoms with Gasteiger partial charge in [-0.25, -0.2) is 4.57 Å². The molecule has 81 heavy (non-hydrogen) atoms. The molecule has 8 nitrogen and oxygen atoms in total. The lowest BCUT2D eigenvalue weighted by molar-refractivity contribution is -0.870. The van der Waals surface area contributed by atoms with Gasteiger partial charge in [-0.3, -0.25) is 13.8 Å². The lowest BCUT2D eigenvalue weighted by Gasteiger charge is -2.25. The third kappa shape index (κ3) is 64.3. The molecule has 3 N–H and O–H groups in total. The first kappa shape index (κ1) is 77.9. The summed E-state index contributed by atoms with van der Waals surface area (Å²) in [5.74, 6) is -0.198. The van der Waals surface area contributed by atoms with Crippen molar-refractivity contribution in [3.8, 4) is 0 Å². The number of aliphatic hydroxyl groups is 1. The third-order valence-electron chi connectivity index (χ3n) is 14.4. The summed E-state index contributed by atoms with van der Waals surface area (Å²) in [5.41, 5.74) is 0. The standard InChI is InChI=1S/C72H127N2O6P/c1-6-8-10-12-14-16-18-20-22-24-26-28-30-32-34-35-36-37-38-39-40-42-44-46-48-50-52-54-56-58-60-62-64-66-72(76)73-70(69-80-81(77,78)79-68-67-74(3,4)5)71(75)65-63-61-59-57-55-53-51-49-47-45-43-41-33-31-29-27-25-23-21-19-17-15-13-11-9-7-2/h8,10,14,16,20,22,26,28,32,34,36-37,39-40,44,46,55,57,63,65,70-71,75H,6-7,9,11-13,15,17-19,21,23-25,27,29-31,33,35,38,41-43,45,47-54,56,58-62,64,66-69H2,1-5H3,(H-,73,76,77,78)/p+1/b10-8-,16-14-,22-20-,28-26-,34-32-,37-36-,40-39-,46-44-,57-55+,65-63+. The maximum absolute atomic E-state index is 13.0. The van der Waals surface area contributed by atoms with Gasteiger partial charge >= 0.3 is 7.82 Å². The number of carbonyl (C=O) groups excluding carboxylic acids is 1. The number of rotatable bonds is 60. The van der Waals surface area contributed by atoms with Gasteiger partial charge < -0.3 is 19.8 Å². The Morgan fingerprint density at radius 3 is 1.14 bits per heavy atom. The van der Waals surface area contributed by atoms with Crippen LogP contribution in [0.2, 0.25) is 0 Å². The number of phosphoric ester groups is 1. The average Bonchev–Trinajstić information content (AvgIpc) is 3.43. The van der Waals surface area contributed by atoms with E-state index in [1.807, 2.05) is 27.2 Å². The van der Waals surface area contributed by atoms with Crippen LogP contribution in [0.25, 0.3) is 0 Å². The molecule has 0 aromatic rings. The molecule has 0 radical (unpaired) electrons. The Morgan fingerprint density at radius 1 is 0.432 bits per heavy atom. The number of nitrogens with one attached hydrogen (secondary N) is 1. The molecule has 3 unspecified atom stereocenters. The highest BCUT2D eigenvalue weighted by Crippen LogP contribution is 2.43. The van der Waals surface area contributed by atoms with Crippen molar-refractivity contribution in [2.75, 3.05) is 40.9 Å².